The molecule has 6 atom stereocenters. The summed E-state index contributed by atoms with van der Waals surface area (Å²) in [6, 6.07) is 31.7. The van der Waals surface area contributed by atoms with Gasteiger partial charge in [0.1, 0.15) is 5.75 Å². The monoisotopic (exact) mass is 943 g/mol. The van der Waals surface area contributed by atoms with Crippen molar-refractivity contribution in [1.29, 1.82) is 0 Å². The van der Waals surface area contributed by atoms with Crippen molar-refractivity contribution in [3.05, 3.63) is 160 Å². The summed E-state index contributed by atoms with van der Waals surface area (Å²) >= 11 is 12.7. The molecule has 5 aromatic carbocycles. The quantitative estimate of drug-likeness (QED) is 0.0871. The second-order valence-electron chi connectivity index (χ2n) is 17.3. The van der Waals surface area contributed by atoms with Gasteiger partial charge < -0.3 is 10.0 Å². The molecule has 17 heteroatoms. The summed E-state index contributed by atoms with van der Waals surface area (Å²) < 4.78 is 40.9. The van der Waals surface area contributed by atoms with Crippen LogP contribution in [0.5, 0.6) is 5.75 Å². The maximum absolute atomic E-state index is 15.6. The number of pyridine rings is 1. The molecule has 10 rings (SSSR count). The Morgan fingerprint density at radius 2 is 1.49 bits per heavy atom. The number of phenols is 1. The molecule has 0 spiro atoms. The largest absolute Gasteiger partial charge is 0.507 e. The van der Waals surface area contributed by atoms with Crippen LogP contribution in [0.1, 0.15) is 35.4 Å². The van der Waals surface area contributed by atoms with Crippen molar-refractivity contribution in [3.63, 3.8) is 0 Å². The Hall–Kier alpha value is -7.10. The van der Waals surface area contributed by atoms with Gasteiger partial charge in [-0.2, -0.15) is 28.4 Å². The molecule has 2 N–H and O–H groups in total. The number of hydrazine groups is 1. The minimum atomic E-state index is -4.78. The number of rotatable bonds is 8. The number of amides is 4. The topological polar surface area (TPSA) is 148 Å². The Morgan fingerprint density at radius 1 is 0.821 bits per heavy atom. The molecule has 2 saturated heterocycles. The third kappa shape index (κ3) is 7.10. The lowest BCUT2D eigenvalue weighted by Gasteiger charge is -2.50. The number of nitrogens with one attached hydrogen (secondary N) is 1. The van der Waals surface area contributed by atoms with Gasteiger partial charge in [-0.15, -0.1) is 0 Å². The highest BCUT2D eigenvalue weighted by Crippen LogP contribution is 2.65. The first kappa shape index (κ1) is 43.8. The Morgan fingerprint density at radius 3 is 2.15 bits per heavy atom. The van der Waals surface area contributed by atoms with Crippen molar-refractivity contribution in [2.45, 2.75) is 30.4 Å². The minimum absolute atomic E-state index is 0.0981. The zero-order valence-corrected chi connectivity index (χ0v) is 37.1. The highest BCUT2D eigenvalue weighted by molar-refractivity contribution is 6.33. The van der Waals surface area contributed by atoms with E-state index in [-0.39, 0.29) is 30.0 Å². The van der Waals surface area contributed by atoms with Crippen LogP contribution in [0.25, 0.3) is 10.8 Å². The number of fused-ring (bicyclic) bond motifs is 5. The van der Waals surface area contributed by atoms with Crippen LogP contribution in [0.3, 0.4) is 0 Å². The summed E-state index contributed by atoms with van der Waals surface area (Å²) in [5, 5.41) is 22.7. The molecule has 3 fully saturated rings. The van der Waals surface area contributed by atoms with Crippen molar-refractivity contribution < 1.29 is 37.5 Å². The predicted molar refractivity (Wildman–Crippen MR) is 246 cm³/mol. The fraction of sp³-hybridized carbons (Fsp3) is 0.220. The van der Waals surface area contributed by atoms with Gasteiger partial charge in [0.05, 0.1) is 50.8 Å². The molecular weight excluding hydrogens is 906 g/mol. The average molecular weight is 945 g/mol. The lowest BCUT2D eigenvalue weighted by molar-refractivity contribution is -0.139. The van der Waals surface area contributed by atoms with Gasteiger partial charge in [-0.05, 0) is 96.4 Å². The van der Waals surface area contributed by atoms with Crippen LogP contribution in [0.15, 0.2) is 143 Å². The van der Waals surface area contributed by atoms with Crippen molar-refractivity contribution in [3.8, 4) is 5.75 Å². The van der Waals surface area contributed by atoms with E-state index in [0.29, 0.717) is 61.3 Å². The van der Waals surface area contributed by atoms with E-state index in [1.807, 2.05) is 61.5 Å². The van der Waals surface area contributed by atoms with Crippen molar-refractivity contribution in [2.75, 3.05) is 29.3 Å². The number of hydrogen-bond donors (Lipinski definition) is 2. The molecule has 4 amide bonds. The maximum atomic E-state index is 15.6. The van der Waals surface area contributed by atoms with E-state index >= 15 is 9.59 Å². The van der Waals surface area contributed by atoms with Crippen LogP contribution in [0, 0.1) is 23.7 Å². The molecule has 12 nitrogen and oxygen atoms in total. The van der Waals surface area contributed by atoms with Crippen molar-refractivity contribution in [1.82, 2.24) is 9.99 Å². The number of nitrogens with zero attached hydrogens (tertiary/aromatic N) is 6. The molecule has 338 valence electrons. The molecule has 4 aliphatic rings. The third-order valence-electron chi connectivity index (χ3n) is 13.6. The molecule has 67 heavy (non-hydrogen) atoms. The van der Waals surface area contributed by atoms with E-state index in [1.54, 1.807) is 72.8 Å². The number of allylic oxidation sites excluding steroid dienone is 2. The summed E-state index contributed by atoms with van der Waals surface area (Å²) in [5.41, 5.74) is 3.31. The number of azo groups is 1. The number of aromatic nitrogens is 1. The lowest BCUT2D eigenvalue weighted by Crippen LogP contribution is -2.53. The van der Waals surface area contributed by atoms with Crippen LogP contribution >= 0.6 is 23.2 Å². The highest BCUT2D eigenvalue weighted by Gasteiger charge is 2.71. The minimum Gasteiger partial charge on any atom is -0.507 e. The number of phenolic OH excluding ortho intramolecular Hbond substituents is 1. The number of benzene rings is 5. The summed E-state index contributed by atoms with van der Waals surface area (Å²) in [4.78, 5) is 67.1. The first-order valence-electron chi connectivity index (χ1n) is 21.3. The molecule has 0 bridgehead atoms. The fourth-order valence-corrected chi connectivity index (χ4v) is 10.8. The van der Waals surface area contributed by atoms with E-state index in [2.05, 4.69) is 20.6 Å². The standard InChI is InChI=1S/C50H38Cl2F3N7O5/c1-60(2)32-16-12-30(13-17-32)57-58-31-14-18-33(19-15-31)61-45(64)36-22-21-35-38(41(36)47(61)66)24-39-46(65)62(59-44-40(52)23-28(25-56-44)50(53,54)55)48(67)49(39,27-8-10-29(51)11-9-27)42(35)37-20-7-26-5-3-4-6-34(26)43(37)63/h3-21,23,25,36,38-39,41-42,63H,22,24H2,1-2H3,(H,56,59). The third-order valence-corrected chi connectivity index (χ3v) is 14.1. The summed E-state index contributed by atoms with van der Waals surface area (Å²) in [5.74, 6) is -8.03. The number of halogens is 5. The number of alkyl halides is 3. The van der Waals surface area contributed by atoms with E-state index in [4.69, 9.17) is 23.2 Å². The molecule has 6 aromatic rings. The van der Waals surface area contributed by atoms with Gasteiger partial charge in [-0.25, -0.2) is 4.98 Å². The number of carbonyl (C=O) groups is 4. The Balaban J connectivity index is 1.07. The van der Waals surface area contributed by atoms with Gasteiger partial charge in [0.2, 0.25) is 11.8 Å². The van der Waals surface area contributed by atoms with Crippen LogP contribution in [-0.4, -0.2) is 52.8 Å². The van der Waals surface area contributed by atoms with Gasteiger partial charge >= 0.3 is 6.18 Å². The predicted octanol–water partition coefficient (Wildman–Crippen LogP) is 10.9. The Labute approximate surface area is 391 Å². The van der Waals surface area contributed by atoms with Crippen LogP contribution in [0.2, 0.25) is 10.0 Å². The second kappa shape index (κ2) is 16.3. The maximum Gasteiger partial charge on any atom is 0.417 e. The average Bonchev–Trinajstić information content (AvgIpc) is 3.69. The summed E-state index contributed by atoms with van der Waals surface area (Å²) in [7, 11) is 3.87. The van der Waals surface area contributed by atoms with Gasteiger partial charge in [-0.3, -0.25) is 29.5 Å². The van der Waals surface area contributed by atoms with E-state index in [0.717, 1.165) is 10.6 Å². The van der Waals surface area contributed by atoms with Gasteiger partial charge in [-0.1, -0.05) is 83.4 Å². The zero-order valence-electron chi connectivity index (χ0n) is 35.6. The van der Waals surface area contributed by atoms with Crippen LogP contribution in [0.4, 0.5) is 41.7 Å². The molecule has 1 aromatic heterocycles. The zero-order chi connectivity index (χ0) is 47.1. The van der Waals surface area contributed by atoms with E-state index in [1.165, 1.54) is 0 Å². The smallest absolute Gasteiger partial charge is 0.417 e. The Kier molecular flexibility index (Phi) is 10.7. The van der Waals surface area contributed by atoms with Crippen molar-refractivity contribution >= 4 is 86.2 Å². The normalized spacial score (nSPS) is 23.7. The van der Waals surface area contributed by atoms with Crippen LogP contribution < -0.4 is 15.2 Å². The molecule has 0 radical (unpaired) electrons. The summed E-state index contributed by atoms with van der Waals surface area (Å²) in [6.45, 7) is 0. The Bertz CT molecular complexity index is 3090. The number of carbonyl (C=O) groups excluding carboxylic acids is 4. The molecule has 6 unspecified atom stereocenters. The van der Waals surface area contributed by atoms with Crippen LogP contribution in [-0.2, 0) is 30.8 Å². The lowest BCUT2D eigenvalue weighted by atomic mass is 9.49. The number of aromatic hydroxyl groups is 1. The number of imide groups is 2. The first-order valence-corrected chi connectivity index (χ1v) is 22.0. The number of hydrogen-bond acceptors (Lipinski definition) is 10. The second-order valence-corrected chi connectivity index (χ2v) is 18.1. The SMILES string of the molecule is CN(C)c1ccc(N=Nc2ccc(N3C(=O)C4CC=C5C(CC6C(=O)N(Nc7ncc(C(F)(F)F)cc7Cl)C(=O)C6(c6ccc(Cl)cc6)C5c5ccc6ccccc6c5O)C4C3=O)cc2)cc1. The molecule has 1 saturated carbocycles. The number of anilines is 3. The molecular formula is C50H38Cl2F3N7O5. The van der Waals surface area contributed by atoms with Gasteiger partial charge in [0.15, 0.2) is 5.82 Å². The molecule has 2 aliphatic heterocycles. The van der Waals surface area contributed by atoms with Gasteiger partial charge in [0.25, 0.3) is 11.8 Å². The highest BCUT2D eigenvalue weighted by atomic mass is 35.5. The van der Waals surface area contributed by atoms with E-state index in [9.17, 15) is 27.9 Å². The van der Waals surface area contributed by atoms with Gasteiger partial charge in [0, 0.05) is 47.9 Å². The fourth-order valence-electron chi connectivity index (χ4n) is 10.5. The van der Waals surface area contributed by atoms with Crippen molar-refractivity contribution in [2.24, 2.45) is 33.9 Å². The first-order chi connectivity index (χ1) is 32.1. The molecule has 3 heterocycles. The summed E-state index contributed by atoms with van der Waals surface area (Å²) in [6.07, 6.45) is -2.38. The molecule has 2 aliphatic carbocycles. The van der Waals surface area contributed by atoms with E-state index < -0.39 is 75.4 Å².